The summed E-state index contributed by atoms with van der Waals surface area (Å²) in [5, 5.41) is 5.77. The van der Waals surface area contributed by atoms with Gasteiger partial charge >= 0.3 is 0 Å². The summed E-state index contributed by atoms with van der Waals surface area (Å²) in [5.74, 6) is 3.63. The average Bonchev–Trinajstić information content (AvgIpc) is 1.53. The van der Waals surface area contributed by atoms with Crippen LogP contribution in [0.4, 0.5) is 8.78 Å². The van der Waals surface area contributed by atoms with Crippen LogP contribution in [0.3, 0.4) is 0 Å². The zero-order valence-corrected chi connectivity index (χ0v) is 68.9. The molecule has 0 N–H and O–H groups in total. The van der Waals surface area contributed by atoms with Gasteiger partial charge in [-0.3, -0.25) is 0 Å². The quantitative estimate of drug-likeness (QED) is 0.0357. The van der Waals surface area contributed by atoms with Crippen LogP contribution in [0.15, 0.2) is 168 Å². The second kappa shape index (κ2) is 40.5. The lowest BCUT2D eigenvalue weighted by molar-refractivity contribution is 0.304. The van der Waals surface area contributed by atoms with E-state index in [2.05, 4.69) is 221 Å². The largest absolute Gasteiger partial charge is 0.494 e. The fourth-order valence-electron chi connectivity index (χ4n) is 15.8. The van der Waals surface area contributed by atoms with Crippen molar-refractivity contribution in [3.63, 3.8) is 0 Å². The van der Waals surface area contributed by atoms with Crippen LogP contribution in [0.25, 0.3) is 73.2 Å². The maximum Gasteiger partial charge on any atom is 0.132 e. The number of rotatable bonds is 46. The Morgan fingerprint density at radius 1 is 0.343 bits per heavy atom. The first-order valence-corrected chi connectivity index (χ1v) is 44.7. The van der Waals surface area contributed by atoms with Crippen LogP contribution in [-0.2, 0) is 12.8 Å². The van der Waals surface area contributed by atoms with Gasteiger partial charge in [-0.1, -0.05) is 244 Å². The Morgan fingerprint density at radius 2 is 0.657 bits per heavy atom. The average molecular weight is 1530 g/mol. The van der Waals surface area contributed by atoms with Gasteiger partial charge in [-0.15, -0.1) is 45.3 Å². The zero-order valence-electron chi connectivity index (χ0n) is 65.6. The van der Waals surface area contributed by atoms with Crippen molar-refractivity contribution in [2.45, 2.75) is 234 Å². The summed E-state index contributed by atoms with van der Waals surface area (Å²) in [4.78, 5) is 6.61. The maximum absolute atomic E-state index is 19.0. The van der Waals surface area contributed by atoms with Crippen LogP contribution >= 0.6 is 45.3 Å². The van der Waals surface area contributed by atoms with Crippen LogP contribution in [0.2, 0.25) is 0 Å². The lowest BCUT2D eigenvalue weighted by atomic mass is 9.91. The Labute approximate surface area is 659 Å². The van der Waals surface area contributed by atoms with Crippen molar-refractivity contribution in [1.82, 2.24) is 9.13 Å². The summed E-state index contributed by atoms with van der Waals surface area (Å²) < 4.78 is 69.1. The van der Waals surface area contributed by atoms with E-state index >= 15 is 8.78 Å². The maximum atomic E-state index is 19.0. The minimum absolute atomic E-state index is 0.305. The van der Waals surface area contributed by atoms with E-state index < -0.39 is 12.1 Å². The third kappa shape index (κ3) is 19.6. The number of hydrogen-bond donors (Lipinski definition) is 0. The van der Waals surface area contributed by atoms with Gasteiger partial charge in [0, 0.05) is 51.2 Å². The minimum atomic E-state index is -0.528. The molecule has 0 fully saturated rings. The molecule has 0 aliphatic carbocycles. The van der Waals surface area contributed by atoms with Crippen molar-refractivity contribution in [2.24, 2.45) is 11.8 Å². The first-order valence-electron chi connectivity index (χ1n) is 41.3. The van der Waals surface area contributed by atoms with Crippen LogP contribution in [0, 0.1) is 23.5 Å². The van der Waals surface area contributed by atoms with Gasteiger partial charge < -0.3 is 28.1 Å². The molecule has 6 aromatic carbocycles. The van der Waals surface area contributed by atoms with Crippen molar-refractivity contribution in [3.8, 4) is 63.4 Å². The fraction of sp³-hybridized carbons (Fsp3) is 0.438. The minimum Gasteiger partial charge on any atom is -0.494 e. The topological polar surface area (TPSA) is 46.8 Å². The molecule has 0 amide bonds. The van der Waals surface area contributed by atoms with Crippen molar-refractivity contribution in [2.75, 3.05) is 26.4 Å². The highest BCUT2D eigenvalue weighted by Crippen LogP contribution is 2.52. The lowest BCUT2D eigenvalue weighted by Gasteiger charge is -2.24. The van der Waals surface area contributed by atoms with E-state index in [-0.39, 0.29) is 11.6 Å². The standard InChI is InChI=1S/C96H116F2N2O4S4/c1-9-17-23-27-53-101-75-45-37-69(38-46-75)91(70-39-47-76(48-40-70)102-54-28-24-18-10-2)99-85-65-79(89-61-73(59-67(15-7)33-21-13-5)95(107-89)87-35-31-57-105-87)83(97)63-81(85)94-93(99)82-64-84(98)80(90-62-74(60-68(16-8)34-22-14-6)96(108-90)88-36-32-58-106-88)66-86(82)100(94)92(71-41-49-77(50-42-71)103-55-29-25-19-11-3)72-43-51-78(52-44-72)104-56-30-26-20-12-4/h31-32,35-52,57-58,61-68,91-92H,9-30,33-34,53-56,59-60H2,1-8H3. The molecule has 12 heteroatoms. The molecule has 0 radical (unpaired) electrons. The van der Waals surface area contributed by atoms with Gasteiger partial charge in [0.25, 0.3) is 0 Å². The lowest BCUT2D eigenvalue weighted by Crippen LogP contribution is -2.13. The molecule has 0 saturated carbocycles. The van der Waals surface area contributed by atoms with E-state index in [0.717, 1.165) is 216 Å². The first kappa shape index (κ1) is 80.1. The monoisotopic (exact) mass is 1530 g/mol. The molecule has 0 spiro atoms. The van der Waals surface area contributed by atoms with Crippen LogP contribution < -0.4 is 18.9 Å². The van der Waals surface area contributed by atoms with Crippen molar-refractivity contribution in [3.05, 3.63) is 214 Å². The van der Waals surface area contributed by atoms with E-state index in [1.807, 2.05) is 12.1 Å². The summed E-state index contributed by atoms with van der Waals surface area (Å²) in [6, 6.07) is 54.7. The number of unbranched alkanes of at least 4 members (excludes halogenated alkanes) is 14. The molecule has 0 aliphatic rings. The second-order valence-corrected chi connectivity index (χ2v) is 34.0. The molecular formula is C96H116F2N2O4S4. The fourth-order valence-corrected chi connectivity index (χ4v) is 20.0. The number of ether oxygens (including phenoxy) is 4. The van der Waals surface area contributed by atoms with Crippen LogP contribution in [0.1, 0.15) is 255 Å². The molecule has 108 heavy (non-hydrogen) atoms. The molecule has 572 valence electrons. The van der Waals surface area contributed by atoms with E-state index in [0.29, 0.717) is 49.4 Å². The number of hydrogen-bond acceptors (Lipinski definition) is 8. The molecule has 0 bridgehead atoms. The third-order valence-corrected chi connectivity index (χ3v) is 26.5. The first-order chi connectivity index (χ1) is 53.1. The number of nitrogens with zero attached hydrogens (tertiary/aromatic N) is 2. The van der Waals surface area contributed by atoms with E-state index in [9.17, 15) is 0 Å². The molecule has 6 nitrogen and oxygen atoms in total. The predicted molar refractivity (Wildman–Crippen MR) is 461 cm³/mol. The molecule has 12 rings (SSSR count). The summed E-state index contributed by atoms with van der Waals surface area (Å²) in [7, 11) is 0. The molecule has 0 aliphatic heterocycles. The summed E-state index contributed by atoms with van der Waals surface area (Å²) in [6.45, 7) is 20.7. The van der Waals surface area contributed by atoms with Crippen molar-refractivity contribution < 1.29 is 27.7 Å². The number of halogens is 2. The smallest absolute Gasteiger partial charge is 0.132 e. The van der Waals surface area contributed by atoms with Crippen molar-refractivity contribution in [1.29, 1.82) is 0 Å². The normalized spacial score (nSPS) is 12.4. The zero-order chi connectivity index (χ0) is 75.1. The van der Waals surface area contributed by atoms with E-state index in [1.165, 1.54) is 69.2 Å². The molecule has 2 atom stereocenters. The second-order valence-electron chi connectivity index (χ2n) is 30.0. The van der Waals surface area contributed by atoms with Crippen LogP contribution in [-0.4, -0.2) is 35.6 Å². The highest BCUT2D eigenvalue weighted by molar-refractivity contribution is 7.24. The van der Waals surface area contributed by atoms with Crippen LogP contribution in [0.5, 0.6) is 23.0 Å². The van der Waals surface area contributed by atoms with Crippen molar-refractivity contribution >= 4 is 78.2 Å². The van der Waals surface area contributed by atoms with Gasteiger partial charge in [-0.05, 0) is 192 Å². The van der Waals surface area contributed by atoms with Gasteiger partial charge in [0.1, 0.15) is 34.6 Å². The Kier molecular flexibility index (Phi) is 30.0. The summed E-state index contributed by atoms with van der Waals surface area (Å²) in [5.41, 5.74) is 10.9. The van der Waals surface area contributed by atoms with Gasteiger partial charge in [0.05, 0.1) is 60.6 Å². The SMILES string of the molecule is CCCCCCOc1ccc(C(c2ccc(OCCCCCC)cc2)n2c3cc(-c4cc(CC(CC)CCCC)c(-c5cccs5)s4)c(F)cc3c3c2c2cc(F)c(-c4cc(CC(CC)CCCC)c(-c5cccs5)s4)cc2n3C(c2ccc(OCCCCCC)cc2)c2ccc(OCCCCCC)cc2)cc1. The molecular weight excluding hydrogens is 1410 g/mol. The molecule has 6 heterocycles. The number of thiophene rings is 4. The summed E-state index contributed by atoms with van der Waals surface area (Å²) >= 11 is 6.91. The van der Waals surface area contributed by atoms with E-state index in [4.69, 9.17) is 18.9 Å². The molecule has 2 unspecified atom stereocenters. The Balaban J connectivity index is 1.17. The Morgan fingerprint density at radius 3 is 0.935 bits per heavy atom. The highest BCUT2D eigenvalue weighted by atomic mass is 32.1. The number of benzene rings is 6. The molecule has 6 aromatic heterocycles. The Hall–Kier alpha value is -7.48. The van der Waals surface area contributed by atoms with E-state index in [1.54, 1.807) is 45.3 Å². The van der Waals surface area contributed by atoms with Gasteiger partial charge in [-0.2, -0.15) is 0 Å². The van der Waals surface area contributed by atoms with Gasteiger partial charge in [0.15, 0.2) is 0 Å². The number of fused-ring (bicyclic) bond motifs is 5. The highest BCUT2D eigenvalue weighted by Gasteiger charge is 2.34. The molecule has 12 aromatic rings. The summed E-state index contributed by atoms with van der Waals surface area (Å²) in [6.07, 6.45) is 28.7. The third-order valence-electron chi connectivity index (χ3n) is 22.0. The molecule has 0 saturated heterocycles. The van der Waals surface area contributed by atoms with Gasteiger partial charge in [-0.25, -0.2) is 8.78 Å². The number of aromatic nitrogens is 2. The predicted octanol–water partition coefficient (Wildman–Crippen LogP) is 30.6. The van der Waals surface area contributed by atoms with Gasteiger partial charge in [0.2, 0.25) is 0 Å². The Bertz CT molecular complexity index is 4270.